The van der Waals surface area contributed by atoms with Crippen molar-refractivity contribution < 1.29 is 32.6 Å². The number of para-hydroxylation sites is 1. The van der Waals surface area contributed by atoms with Crippen molar-refractivity contribution >= 4 is 25.4 Å². The molecule has 6 unspecified atom stereocenters. The van der Waals surface area contributed by atoms with Gasteiger partial charge in [-0.1, -0.05) is 25.1 Å². The number of nitrogens with one attached hydrogen (secondary N) is 2. The van der Waals surface area contributed by atoms with Crippen molar-refractivity contribution in [3.05, 3.63) is 30.3 Å². The number of carbonyl (C=O) groups is 1. The average Bonchev–Trinajstić information content (AvgIpc) is 3.15. The van der Waals surface area contributed by atoms with E-state index in [0.717, 1.165) is 0 Å². The molecule has 0 radical (unpaired) electrons. The van der Waals surface area contributed by atoms with Crippen molar-refractivity contribution in [2.24, 2.45) is 22.4 Å². The van der Waals surface area contributed by atoms with Crippen molar-refractivity contribution in [3.63, 3.8) is 0 Å². The number of hydrogen-bond acceptors (Lipinski definition) is 10. The van der Waals surface area contributed by atoms with Gasteiger partial charge in [0, 0.05) is 5.92 Å². The SMILES string of the molecule is COC(=N)C(N)C(N)=NC1OC(COP(=O)(NC(C)C(=O)OC)Oc2ccccc2)CC1C. The van der Waals surface area contributed by atoms with E-state index >= 15 is 0 Å². The number of nitrogens with zero attached hydrogens (tertiary/aromatic N) is 1. The Balaban J connectivity index is 2.06. The molecule has 1 aliphatic heterocycles. The summed E-state index contributed by atoms with van der Waals surface area (Å²) in [6, 6.07) is 6.51. The number of nitrogens with two attached hydrogens (primary N) is 2. The van der Waals surface area contributed by atoms with Crippen molar-refractivity contribution in [2.45, 2.75) is 44.7 Å². The van der Waals surface area contributed by atoms with E-state index in [1.807, 2.05) is 6.92 Å². The average molecular weight is 485 g/mol. The molecule has 184 valence electrons. The Morgan fingerprint density at radius 3 is 2.61 bits per heavy atom. The van der Waals surface area contributed by atoms with Crippen LogP contribution in [0.25, 0.3) is 0 Å². The van der Waals surface area contributed by atoms with E-state index in [2.05, 4.69) is 14.8 Å². The van der Waals surface area contributed by atoms with Crippen molar-refractivity contribution in [2.75, 3.05) is 20.8 Å². The van der Waals surface area contributed by atoms with Crippen molar-refractivity contribution in [3.8, 4) is 5.75 Å². The molecule has 0 aromatic heterocycles. The predicted octanol–water partition coefficient (Wildman–Crippen LogP) is 1.40. The summed E-state index contributed by atoms with van der Waals surface area (Å²) in [7, 11) is -1.42. The van der Waals surface area contributed by atoms with Crippen molar-refractivity contribution in [1.82, 2.24) is 5.09 Å². The summed E-state index contributed by atoms with van der Waals surface area (Å²) >= 11 is 0. The maximum Gasteiger partial charge on any atom is 0.459 e. The standard InChI is InChI=1S/C20H32N5O7P/c1-12-10-15(31-19(12)24-17(22)16(21)18(23)28-3)11-30-33(27,25-13(2)20(26)29-4)32-14-8-6-5-7-9-14/h5-9,12-13,15-16,19,23H,10-11,21H2,1-4H3,(H2,22,24)(H,25,27). The third kappa shape index (κ3) is 7.79. The van der Waals surface area contributed by atoms with Gasteiger partial charge in [0.15, 0.2) is 6.23 Å². The van der Waals surface area contributed by atoms with E-state index in [1.165, 1.54) is 21.1 Å². The highest BCUT2D eigenvalue weighted by Crippen LogP contribution is 2.45. The molecule has 1 aliphatic rings. The van der Waals surface area contributed by atoms with Gasteiger partial charge in [-0.05, 0) is 25.5 Å². The van der Waals surface area contributed by atoms with Crippen LogP contribution in [0.1, 0.15) is 20.3 Å². The Kier molecular flexibility index (Phi) is 9.81. The highest BCUT2D eigenvalue weighted by molar-refractivity contribution is 7.52. The number of rotatable bonds is 11. The molecule has 1 saturated heterocycles. The molecule has 0 amide bonds. The van der Waals surface area contributed by atoms with Crippen molar-refractivity contribution in [1.29, 1.82) is 5.41 Å². The monoisotopic (exact) mass is 485 g/mol. The van der Waals surface area contributed by atoms with Crippen LogP contribution in [0.15, 0.2) is 35.3 Å². The van der Waals surface area contributed by atoms with Gasteiger partial charge in [0.25, 0.3) is 0 Å². The number of hydrogen-bond donors (Lipinski definition) is 4. The minimum Gasteiger partial charge on any atom is -0.483 e. The summed E-state index contributed by atoms with van der Waals surface area (Å²) in [6.45, 7) is 3.30. The largest absolute Gasteiger partial charge is 0.483 e. The van der Waals surface area contributed by atoms with Gasteiger partial charge in [0.05, 0.1) is 26.9 Å². The van der Waals surface area contributed by atoms with Gasteiger partial charge in [-0.2, -0.15) is 5.09 Å². The first-order valence-corrected chi connectivity index (χ1v) is 11.8. The maximum atomic E-state index is 13.4. The second kappa shape index (κ2) is 12.1. The zero-order valence-corrected chi connectivity index (χ0v) is 20.0. The molecule has 1 aromatic rings. The fraction of sp³-hybridized carbons (Fsp3) is 0.550. The lowest BCUT2D eigenvalue weighted by atomic mass is 10.1. The lowest BCUT2D eigenvalue weighted by molar-refractivity contribution is -0.142. The fourth-order valence-corrected chi connectivity index (χ4v) is 4.55. The molecular weight excluding hydrogens is 453 g/mol. The van der Waals surface area contributed by atoms with Crippen LogP contribution < -0.4 is 21.1 Å². The highest BCUT2D eigenvalue weighted by atomic mass is 31.2. The Morgan fingerprint density at radius 2 is 2.00 bits per heavy atom. The Bertz CT molecular complexity index is 885. The third-order valence-electron chi connectivity index (χ3n) is 4.86. The van der Waals surface area contributed by atoms with E-state index in [0.29, 0.717) is 12.2 Å². The van der Waals surface area contributed by atoms with Crippen LogP contribution in [-0.2, 0) is 28.1 Å². The number of amidine groups is 1. The molecule has 0 saturated carbocycles. The molecule has 6 atom stereocenters. The summed E-state index contributed by atoms with van der Waals surface area (Å²) in [4.78, 5) is 16.1. The number of benzene rings is 1. The summed E-state index contributed by atoms with van der Waals surface area (Å²) in [5.41, 5.74) is 11.7. The summed E-state index contributed by atoms with van der Waals surface area (Å²) in [6.07, 6.45) is -0.552. The fourth-order valence-electron chi connectivity index (χ4n) is 3.03. The second-order valence-electron chi connectivity index (χ2n) is 7.53. The van der Waals surface area contributed by atoms with Crippen LogP contribution in [-0.4, -0.2) is 62.9 Å². The van der Waals surface area contributed by atoms with Crippen LogP contribution in [0.2, 0.25) is 0 Å². The molecule has 6 N–H and O–H groups in total. The topological polar surface area (TPSA) is 181 Å². The van der Waals surface area contributed by atoms with Gasteiger partial charge in [0.1, 0.15) is 23.7 Å². The number of ether oxygens (including phenoxy) is 3. The molecule has 33 heavy (non-hydrogen) atoms. The zero-order chi connectivity index (χ0) is 24.6. The molecule has 0 bridgehead atoms. The lowest BCUT2D eigenvalue weighted by Crippen LogP contribution is -2.44. The van der Waals surface area contributed by atoms with Crippen LogP contribution in [0.4, 0.5) is 0 Å². The first-order chi connectivity index (χ1) is 15.6. The molecular formula is C20H32N5O7P. The minimum absolute atomic E-state index is 0.00641. The zero-order valence-electron chi connectivity index (χ0n) is 19.1. The first-order valence-electron chi connectivity index (χ1n) is 10.3. The summed E-state index contributed by atoms with van der Waals surface area (Å²) in [5.74, 6) is -0.573. The molecule has 0 spiro atoms. The minimum atomic E-state index is -3.97. The van der Waals surface area contributed by atoms with Crippen LogP contribution >= 0.6 is 7.75 Å². The van der Waals surface area contributed by atoms with Gasteiger partial charge in [-0.3, -0.25) is 14.7 Å². The molecule has 1 heterocycles. The Morgan fingerprint density at radius 1 is 1.33 bits per heavy atom. The maximum absolute atomic E-state index is 13.4. The van der Waals surface area contributed by atoms with Gasteiger partial charge in [0.2, 0.25) is 5.90 Å². The summed E-state index contributed by atoms with van der Waals surface area (Å²) in [5, 5.41) is 10.2. The van der Waals surface area contributed by atoms with Crippen LogP contribution in [0.5, 0.6) is 5.75 Å². The van der Waals surface area contributed by atoms with Crippen LogP contribution in [0, 0.1) is 11.3 Å². The van der Waals surface area contributed by atoms with E-state index < -0.39 is 38.1 Å². The van der Waals surface area contributed by atoms with Crippen LogP contribution in [0.3, 0.4) is 0 Å². The number of methoxy groups -OCH3 is 2. The highest BCUT2D eigenvalue weighted by Gasteiger charge is 2.37. The Hall–Kier alpha value is -2.50. The quantitative estimate of drug-likeness (QED) is 0.155. The molecule has 1 aromatic carbocycles. The van der Waals surface area contributed by atoms with Gasteiger partial charge in [-0.25, -0.2) is 9.56 Å². The number of carbonyl (C=O) groups excluding carboxylic acids is 1. The van der Waals surface area contributed by atoms with E-state index in [4.69, 9.17) is 35.4 Å². The van der Waals surface area contributed by atoms with E-state index in [9.17, 15) is 9.36 Å². The Labute approximate surface area is 193 Å². The normalized spacial score (nSPS) is 24.4. The smallest absolute Gasteiger partial charge is 0.459 e. The summed E-state index contributed by atoms with van der Waals surface area (Å²) < 4.78 is 39.9. The predicted molar refractivity (Wildman–Crippen MR) is 122 cm³/mol. The number of esters is 1. The lowest BCUT2D eigenvalue weighted by Gasteiger charge is -2.23. The molecule has 1 fully saturated rings. The molecule has 12 nitrogen and oxygen atoms in total. The van der Waals surface area contributed by atoms with E-state index in [-0.39, 0.29) is 24.3 Å². The molecule has 2 rings (SSSR count). The molecule has 13 heteroatoms. The second-order valence-corrected chi connectivity index (χ2v) is 9.23. The van der Waals surface area contributed by atoms with Gasteiger partial charge in [-0.15, -0.1) is 0 Å². The number of aliphatic imine (C=N–C) groups is 1. The van der Waals surface area contributed by atoms with E-state index in [1.54, 1.807) is 30.3 Å². The molecule has 0 aliphatic carbocycles. The first kappa shape index (κ1) is 26.7. The van der Waals surface area contributed by atoms with Gasteiger partial charge < -0.3 is 30.2 Å². The van der Waals surface area contributed by atoms with Gasteiger partial charge >= 0.3 is 13.7 Å². The third-order valence-corrected chi connectivity index (χ3v) is 6.50.